The molecule has 0 amide bonds. The predicted octanol–water partition coefficient (Wildman–Crippen LogP) is 2.66. The first-order valence-electron chi connectivity index (χ1n) is 5.11. The molecule has 0 aliphatic rings. The third-order valence-corrected chi connectivity index (χ3v) is 2.86. The Morgan fingerprint density at radius 3 is 2.76 bits per heavy atom. The number of aromatic nitrogens is 3. The summed E-state index contributed by atoms with van der Waals surface area (Å²) in [6, 6.07) is 11.4. The van der Waals surface area contributed by atoms with E-state index in [4.69, 9.17) is 17.3 Å². The monoisotopic (exact) mass is 244 g/mol. The van der Waals surface area contributed by atoms with E-state index in [1.807, 2.05) is 36.4 Å². The lowest BCUT2D eigenvalue weighted by molar-refractivity contribution is 1.09. The van der Waals surface area contributed by atoms with E-state index in [0.29, 0.717) is 11.1 Å². The summed E-state index contributed by atoms with van der Waals surface area (Å²) in [6.07, 6.45) is 1.64. The number of nitrogens with two attached hydrogens (primary N) is 1. The third-order valence-electron chi connectivity index (χ3n) is 2.57. The minimum atomic E-state index is 0.404. The van der Waals surface area contributed by atoms with Crippen LogP contribution in [0.2, 0.25) is 5.15 Å². The third kappa shape index (κ3) is 1.54. The number of hydrogen-bond acceptors (Lipinski definition) is 3. The van der Waals surface area contributed by atoms with E-state index in [-0.39, 0.29) is 0 Å². The number of imidazole rings is 1. The molecule has 0 spiro atoms. The van der Waals surface area contributed by atoms with Gasteiger partial charge in [0, 0.05) is 6.20 Å². The fraction of sp³-hybridized carbons (Fsp3) is 0. The number of fused-ring (bicyclic) bond motifs is 1. The van der Waals surface area contributed by atoms with Gasteiger partial charge in [-0.05, 0) is 24.3 Å². The summed E-state index contributed by atoms with van der Waals surface area (Å²) in [5.41, 5.74) is 8.41. The van der Waals surface area contributed by atoms with Gasteiger partial charge in [-0.2, -0.15) is 0 Å². The highest BCUT2D eigenvalue weighted by Crippen LogP contribution is 2.26. The number of nitrogen functional groups attached to an aromatic ring is 1. The maximum Gasteiger partial charge on any atom is 0.206 e. The maximum absolute atomic E-state index is 6.07. The number of benzene rings is 1. The summed E-state index contributed by atoms with van der Waals surface area (Å²) in [5, 5.41) is 0.405. The van der Waals surface area contributed by atoms with Gasteiger partial charge >= 0.3 is 0 Å². The molecular formula is C12H9ClN4. The van der Waals surface area contributed by atoms with Gasteiger partial charge in [0.1, 0.15) is 0 Å². The number of anilines is 1. The highest BCUT2D eigenvalue weighted by molar-refractivity contribution is 6.31. The summed E-state index contributed by atoms with van der Waals surface area (Å²) in [7, 11) is 0. The first kappa shape index (κ1) is 10.1. The van der Waals surface area contributed by atoms with Gasteiger partial charge in [-0.1, -0.05) is 23.7 Å². The molecule has 3 aromatic rings. The summed E-state index contributed by atoms with van der Waals surface area (Å²) in [6.45, 7) is 0. The number of hydrogen-bond donors (Lipinski definition) is 1. The highest BCUT2D eigenvalue weighted by atomic mass is 35.5. The molecule has 0 saturated carbocycles. The maximum atomic E-state index is 6.07. The molecule has 84 valence electrons. The van der Waals surface area contributed by atoms with Gasteiger partial charge in [0.05, 0.1) is 16.7 Å². The van der Waals surface area contributed by atoms with Crippen LogP contribution >= 0.6 is 11.6 Å². The SMILES string of the molecule is Nc1nc2ccccc2n1-c1cccnc1Cl. The van der Waals surface area contributed by atoms with E-state index < -0.39 is 0 Å². The van der Waals surface area contributed by atoms with Crippen molar-refractivity contribution in [1.82, 2.24) is 14.5 Å². The Bertz CT molecular complexity index is 690. The van der Waals surface area contributed by atoms with Crippen molar-refractivity contribution in [3.05, 3.63) is 47.7 Å². The Kier molecular flexibility index (Phi) is 2.23. The Hall–Kier alpha value is -2.07. The first-order chi connectivity index (χ1) is 8.27. The zero-order chi connectivity index (χ0) is 11.8. The lowest BCUT2D eigenvalue weighted by Gasteiger charge is -2.07. The normalized spacial score (nSPS) is 10.9. The van der Waals surface area contributed by atoms with Crippen LogP contribution in [0.4, 0.5) is 5.95 Å². The van der Waals surface area contributed by atoms with Crippen LogP contribution in [-0.4, -0.2) is 14.5 Å². The summed E-state index contributed by atoms with van der Waals surface area (Å²) < 4.78 is 1.80. The topological polar surface area (TPSA) is 56.7 Å². The molecule has 2 N–H and O–H groups in total. The number of para-hydroxylation sites is 2. The molecular weight excluding hydrogens is 236 g/mol. The lowest BCUT2D eigenvalue weighted by atomic mass is 10.3. The van der Waals surface area contributed by atoms with Crippen LogP contribution in [0, 0.1) is 0 Å². The highest BCUT2D eigenvalue weighted by Gasteiger charge is 2.11. The van der Waals surface area contributed by atoms with Crippen molar-refractivity contribution in [3.63, 3.8) is 0 Å². The van der Waals surface area contributed by atoms with Crippen molar-refractivity contribution in [1.29, 1.82) is 0 Å². The molecule has 4 nitrogen and oxygen atoms in total. The number of rotatable bonds is 1. The zero-order valence-electron chi connectivity index (χ0n) is 8.84. The van der Waals surface area contributed by atoms with Gasteiger partial charge in [0.2, 0.25) is 5.95 Å². The molecule has 0 bridgehead atoms. The van der Waals surface area contributed by atoms with Gasteiger partial charge in [-0.25, -0.2) is 9.97 Å². The predicted molar refractivity (Wildman–Crippen MR) is 68.3 cm³/mol. The van der Waals surface area contributed by atoms with Gasteiger partial charge in [-0.3, -0.25) is 4.57 Å². The second-order valence-electron chi connectivity index (χ2n) is 3.61. The molecule has 2 heterocycles. The van der Waals surface area contributed by atoms with Crippen molar-refractivity contribution in [2.45, 2.75) is 0 Å². The van der Waals surface area contributed by atoms with Crippen molar-refractivity contribution in [2.75, 3.05) is 5.73 Å². The molecule has 1 aromatic carbocycles. The van der Waals surface area contributed by atoms with Crippen LogP contribution in [0.25, 0.3) is 16.7 Å². The Morgan fingerprint density at radius 2 is 1.94 bits per heavy atom. The van der Waals surface area contributed by atoms with E-state index in [0.717, 1.165) is 16.7 Å². The van der Waals surface area contributed by atoms with Gasteiger partial charge in [0.25, 0.3) is 0 Å². The molecule has 0 fully saturated rings. The summed E-state index contributed by atoms with van der Waals surface area (Å²) in [5.74, 6) is 0.404. The van der Waals surface area contributed by atoms with E-state index in [9.17, 15) is 0 Å². The van der Waals surface area contributed by atoms with Crippen molar-refractivity contribution in [2.24, 2.45) is 0 Å². The van der Waals surface area contributed by atoms with Gasteiger partial charge in [-0.15, -0.1) is 0 Å². The molecule has 0 aliphatic carbocycles. The Labute approximate surface area is 103 Å². The van der Waals surface area contributed by atoms with Crippen LogP contribution in [0.1, 0.15) is 0 Å². The molecule has 2 aromatic heterocycles. The van der Waals surface area contributed by atoms with Crippen LogP contribution < -0.4 is 5.73 Å². The standard InChI is InChI=1S/C12H9ClN4/c13-11-10(6-3-7-15-11)17-9-5-2-1-4-8(9)16-12(17)14/h1-7H,(H2,14,16). The Balaban J connectivity index is 2.38. The van der Waals surface area contributed by atoms with E-state index in [1.165, 1.54) is 0 Å². The quantitative estimate of drug-likeness (QED) is 0.670. The molecule has 3 rings (SSSR count). The minimum Gasteiger partial charge on any atom is -0.369 e. The molecule has 0 unspecified atom stereocenters. The van der Waals surface area contributed by atoms with Crippen LogP contribution in [0.3, 0.4) is 0 Å². The van der Waals surface area contributed by atoms with E-state index >= 15 is 0 Å². The van der Waals surface area contributed by atoms with Gasteiger partial charge in [0.15, 0.2) is 5.15 Å². The second kappa shape index (κ2) is 3.75. The molecule has 17 heavy (non-hydrogen) atoms. The molecule has 0 saturated heterocycles. The van der Waals surface area contributed by atoms with Crippen molar-refractivity contribution >= 4 is 28.6 Å². The fourth-order valence-electron chi connectivity index (χ4n) is 1.84. The van der Waals surface area contributed by atoms with Gasteiger partial charge < -0.3 is 5.73 Å². The number of pyridine rings is 1. The average Bonchev–Trinajstić information content (AvgIpc) is 2.66. The van der Waals surface area contributed by atoms with Crippen molar-refractivity contribution < 1.29 is 0 Å². The van der Waals surface area contributed by atoms with Crippen molar-refractivity contribution in [3.8, 4) is 5.69 Å². The second-order valence-corrected chi connectivity index (χ2v) is 3.97. The molecule has 0 radical (unpaired) electrons. The summed E-state index contributed by atoms with van der Waals surface area (Å²) >= 11 is 6.07. The largest absolute Gasteiger partial charge is 0.369 e. The number of halogens is 1. The average molecular weight is 245 g/mol. The lowest BCUT2D eigenvalue weighted by Crippen LogP contribution is -2.01. The smallest absolute Gasteiger partial charge is 0.206 e. The van der Waals surface area contributed by atoms with Crippen LogP contribution in [-0.2, 0) is 0 Å². The number of nitrogens with zero attached hydrogens (tertiary/aromatic N) is 3. The molecule has 5 heteroatoms. The van der Waals surface area contributed by atoms with Crippen LogP contribution in [0.15, 0.2) is 42.6 Å². The molecule has 0 aliphatic heterocycles. The van der Waals surface area contributed by atoms with E-state index in [1.54, 1.807) is 10.8 Å². The van der Waals surface area contributed by atoms with E-state index in [2.05, 4.69) is 9.97 Å². The summed E-state index contributed by atoms with van der Waals surface area (Å²) in [4.78, 5) is 8.33. The minimum absolute atomic E-state index is 0.404. The first-order valence-corrected chi connectivity index (χ1v) is 5.49. The zero-order valence-corrected chi connectivity index (χ0v) is 9.59. The fourth-order valence-corrected chi connectivity index (χ4v) is 2.05. The van der Waals surface area contributed by atoms with Crippen LogP contribution in [0.5, 0.6) is 0 Å². The molecule has 0 atom stereocenters. The Morgan fingerprint density at radius 1 is 1.12 bits per heavy atom.